The molecule has 0 atom stereocenters. The number of hydrogen-bond donors (Lipinski definition) is 0. The molecular weight excluding hydrogens is 304 g/mol. The highest BCUT2D eigenvalue weighted by Gasteiger charge is 2.20. The van der Waals surface area contributed by atoms with Crippen molar-refractivity contribution in [3.63, 3.8) is 0 Å². The van der Waals surface area contributed by atoms with Crippen molar-refractivity contribution in [3.8, 4) is 0 Å². The lowest BCUT2D eigenvalue weighted by Crippen LogP contribution is -2.30. The zero-order valence-corrected chi connectivity index (χ0v) is 13.6. The van der Waals surface area contributed by atoms with Gasteiger partial charge >= 0.3 is 0 Å². The van der Waals surface area contributed by atoms with E-state index in [0.29, 0.717) is 0 Å². The summed E-state index contributed by atoms with van der Waals surface area (Å²) in [6, 6.07) is 20.4. The van der Waals surface area contributed by atoms with Crippen LogP contribution in [0.25, 0.3) is 0 Å². The van der Waals surface area contributed by atoms with Gasteiger partial charge < -0.3 is 9.80 Å². The summed E-state index contributed by atoms with van der Waals surface area (Å²) < 4.78 is 0. The molecule has 4 rings (SSSR count). The smallest absolute Gasteiger partial charge is 0.219 e. The minimum atomic E-state index is 0.943. The van der Waals surface area contributed by atoms with Crippen molar-refractivity contribution in [2.45, 2.75) is 0 Å². The van der Waals surface area contributed by atoms with Crippen molar-refractivity contribution in [2.24, 2.45) is 0 Å². The molecule has 0 aliphatic heterocycles. The molecule has 25 heavy (non-hydrogen) atoms. The number of nitrogens with zero attached hydrogens (tertiary/aromatic N) is 2. The number of anilines is 2. The van der Waals surface area contributed by atoms with Gasteiger partial charge in [0.2, 0.25) is 6.67 Å². The number of benzene rings is 2. The van der Waals surface area contributed by atoms with Gasteiger partial charge in [0.05, 0.1) is 11.4 Å². The van der Waals surface area contributed by atoms with Crippen molar-refractivity contribution in [3.05, 3.63) is 127 Å². The molecule has 2 radical (unpaired) electrons. The first kappa shape index (κ1) is 15.1. The Hall–Kier alpha value is -3.44. The van der Waals surface area contributed by atoms with Gasteiger partial charge in [-0.15, -0.1) is 0 Å². The molecule has 2 aromatic carbocycles. The Balaban J connectivity index is 1.74. The summed E-state index contributed by atoms with van der Waals surface area (Å²) in [5, 5.41) is 0. The summed E-state index contributed by atoms with van der Waals surface area (Å²) in [4.78, 5) is 4.02. The van der Waals surface area contributed by atoms with Crippen molar-refractivity contribution in [1.29, 1.82) is 0 Å². The molecule has 2 nitrogen and oxygen atoms in total. The molecule has 2 aromatic rings. The summed E-state index contributed by atoms with van der Waals surface area (Å²) >= 11 is 0. The Morgan fingerprint density at radius 3 is 1.40 bits per heavy atom. The van der Waals surface area contributed by atoms with E-state index in [2.05, 4.69) is 42.4 Å². The third-order valence-electron chi connectivity index (χ3n) is 3.87. The average molecular weight is 320 g/mol. The Morgan fingerprint density at radius 2 is 1.04 bits per heavy atom. The average Bonchev–Trinajstić information content (AvgIpc) is 3.38. The van der Waals surface area contributed by atoms with Gasteiger partial charge in [-0.25, -0.2) is 0 Å². The lowest BCUT2D eigenvalue weighted by molar-refractivity contribution is 0.990. The number of allylic oxidation sites excluding steroid dienone is 4. The summed E-state index contributed by atoms with van der Waals surface area (Å²) in [7, 11) is 0. The van der Waals surface area contributed by atoms with Crippen LogP contribution in [0, 0.1) is 6.67 Å². The van der Waals surface area contributed by atoms with Gasteiger partial charge in [-0.05, 0) is 48.6 Å². The molecule has 0 saturated heterocycles. The van der Waals surface area contributed by atoms with E-state index in [1.54, 1.807) is 0 Å². The molecule has 0 aromatic heterocycles. The minimum Gasteiger partial charge on any atom is -0.303 e. The molecular formula is C23H16N2. The highest BCUT2D eigenvalue weighted by Crippen LogP contribution is 2.29. The van der Waals surface area contributed by atoms with Crippen molar-refractivity contribution in [2.75, 3.05) is 9.80 Å². The van der Waals surface area contributed by atoms with Crippen LogP contribution >= 0.6 is 0 Å². The lowest BCUT2D eigenvalue weighted by Gasteiger charge is -2.30. The van der Waals surface area contributed by atoms with E-state index in [1.807, 2.05) is 82.7 Å². The first-order valence-electron chi connectivity index (χ1n) is 8.15. The maximum atomic E-state index is 3.50. The molecule has 0 N–H and O–H groups in total. The Labute approximate surface area is 148 Å². The molecule has 118 valence electrons. The lowest BCUT2D eigenvalue weighted by atomic mass is 10.2. The molecule has 0 bridgehead atoms. The summed E-state index contributed by atoms with van der Waals surface area (Å²) in [5.41, 5.74) is 10.5. The van der Waals surface area contributed by atoms with Crippen molar-refractivity contribution < 1.29 is 0 Å². The zero-order valence-electron chi connectivity index (χ0n) is 13.6. The second-order valence-corrected chi connectivity index (χ2v) is 5.55. The van der Waals surface area contributed by atoms with Gasteiger partial charge in [-0.3, -0.25) is 0 Å². The molecule has 0 unspecified atom stereocenters. The van der Waals surface area contributed by atoms with Gasteiger partial charge in [-0.2, -0.15) is 0 Å². The maximum absolute atomic E-state index is 3.50. The quantitative estimate of drug-likeness (QED) is 0.532. The Morgan fingerprint density at radius 1 is 0.600 bits per heavy atom. The van der Waals surface area contributed by atoms with Crippen LogP contribution in [0.4, 0.5) is 11.4 Å². The SMILES string of the molecule is [C](N(C1=C=CC=C1)c1ccccc1)N(C1=C=CC=C1)c1ccccc1. The fourth-order valence-electron chi connectivity index (χ4n) is 2.68. The first-order chi connectivity index (χ1) is 12.4. The zero-order chi connectivity index (χ0) is 16.9. The number of rotatable bonds is 6. The topological polar surface area (TPSA) is 6.48 Å². The highest BCUT2D eigenvalue weighted by atomic mass is 15.3. The monoisotopic (exact) mass is 320 g/mol. The minimum absolute atomic E-state index is 0.943. The second kappa shape index (κ2) is 6.98. The largest absolute Gasteiger partial charge is 0.303 e. The molecule has 2 aliphatic carbocycles. The van der Waals surface area contributed by atoms with Crippen molar-refractivity contribution >= 4 is 11.4 Å². The second-order valence-electron chi connectivity index (χ2n) is 5.55. The molecule has 0 saturated carbocycles. The van der Waals surface area contributed by atoms with E-state index in [4.69, 9.17) is 0 Å². The Bertz CT molecular complexity index is 857. The number of para-hydroxylation sites is 2. The highest BCUT2D eigenvalue weighted by molar-refractivity contribution is 5.65. The summed E-state index contributed by atoms with van der Waals surface area (Å²) in [5.74, 6) is 0. The van der Waals surface area contributed by atoms with Crippen LogP contribution in [0.1, 0.15) is 0 Å². The van der Waals surface area contributed by atoms with E-state index in [-0.39, 0.29) is 0 Å². The molecule has 0 spiro atoms. The van der Waals surface area contributed by atoms with Crippen LogP contribution in [0.3, 0.4) is 0 Å². The van der Waals surface area contributed by atoms with E-state index >= 15 is 0 Å². The van der Waals surface area contributed by atoms with E-state index < -0.39 is 0 Å². The van der Waals surface area contributed by atoms with Gasteiger partial charge in [0.1, 0.15) is 0 Å². The third-order valence-corrected chi connectivity index (χ3v) is 3.87. The van der Waals surface area contributed by atoms with Crippen molar-refractivity contribution in [1.82, 2.24) is 0 Å². The van der Waals surface area contributed by atoms with Crippen LogP contribution in [-0.4, -0.2) is 0 Å². The van der Waals surface area contributed by atoms with Gasteiger partial charge in [0.15, 0.2) is 0 Å². The summed E-state index contributed by atoms with van der Waals surface area (Å²) in [6.45, 7) is 3.50. The third kappa shape index (κ3) is 3.27. The molecule has 0 fully saturated rings. The standard InChI is InChI=1S/C23H16N2/c1-3-11-20(12-4-1)24(22-15-7-8-16-22)19-25(23-17-9-10-18-23)21-13-5-2-6-14-21/h1-15,17H. The predicted molar refractivity (Wildman–Crippen MR) is 103 cm³/mol. The molecule has 0 heterocycles. The van der Waals surface area contributed by atoms with E-state index in [9.17, 15) is 0 Å². The van der Waals surface area contributed by atoms with E-state index in [0.717, 1.165) is 22.8 Å². The summed E-state index contributed by atoms with van der Waals surface area (Å²) in [6.07, 6.45) is 11.8. The molecule has 2 heteroatoms. The predicted octanol–water partition coefficient (Wildman–Crippen LogP) is 5.21. The molecule has 0 amide bonds. The van der Waals surface area contributed by atoms with Crippen LogP contribution in [-0.2, 0) is 0 Å². The van der Waals surface area contributed by atoms with Crippen LogP contribution in [0.5, 0.6) is 0 Å². The van der Waals surface area contributed by atoms with E-state index in [1.165, 1.54) is 0 Å². The molecule has 2 aliphatic rings. The van der Waals surface area contributed by atoms with Crippen LogP contribution in [0.15, 0.2) is 120 Å². The normalized spacial score (nSPS) is 13.9. The maximum Gasteiger partial charge on any atom is 0.219 e. The number of hydrogen-bond acceptors (Lipinski definition) is 2. The van der Waals surface area contributed by atoms with Crippen LogP contribution < -0.4 is 9.80 Å². The van der Waals surface area contributed by atoms with Gasteiger partial charge in [-0.1, -0.05) is 60.0 Å². The first-order valence-corrected chi connectivity index (χ1v) is 8.15. The Kier molecular flexibility index (Phi) is 4.22. The van der Waals surface area contributed by atoms with Gasteiger partial charge in [0, 0.05) is 11.4 Å². The fourth-order valence-corrected chi connectivity index (χ4v) is 2.68. The van der Waals surface area contributed by atoms with Gasteiger partial charge in [0.25, 0.3) is 0 Å². The van der Waals surface area contributed by atoms with Crippen LogP contribution in [0.2, 0.25) is 0 Å². The fraction of sp³-hybridized carbons (Fsp3) is 0.